The van der Waals surface area contributed by atoms with Gasteiger partial charge in [-0.05, 0) is 73.2 Å². The maximum Gasteiger partial charge on any atom is 0.323 e. The Hall–Kier alpha value is -6.70. The third kappa shape index (κ3) is 8.49. The number of carbonyl (C=O) groups is 2. The highest BCUT2D eigenvalue weighted by Gasteiger charge is 2.41. The van der Waals surface area contributed by atoms with Crippen molar-refractivity contribution < 1.29 is 28.9 Å². The molecule has 6 rings (SSSR count). The van der Waals surface area contributed by atoms with E-state index in [0.717, 1.165) is 11.1 Å². The summed E-state index contributed by atoms with van der Waals surface area (Å²) in [6.07, 6.45) is 1.38. The number of hydrogen-bond donors (Lipinski definition) is 2. The van der Waals surface area contributed by atoms with Crippen LogP contribution in [0.25, 0.3) is 0 Å². The number of carbonyl (C=O) groups excluding carboxylic acids is 2. The Balaban J connectivity index is 0.979. The number of allylic oxidation sites excluding steroid dienone is 2. The Labute approximate surface area is 312 Å². The zero-order chi connectivity index (χ0) is 38.2. The predicted octanol–water partition coefficient (Wildman–Crippen LogP) is 7.47. The quantitative estimate of drug-likeness (QED) is 0.0720. The largest absolute Gasteiger partial charge is 0.494 e. The fraction of sp³-hybridized carbons (Fsp3) is 0.250. The van der Waals surface area contributed by atoms with E-state index in [0.29, 0.717) is 48.7 Å². The first-order valence-electron chi connectivity index (χ1n) is 17.5. The molecule has 14 heteroatoms. The summed E-state index contributed by atoms with van der Waals surface area (Å²) in [5, 5.41) is 29.8. The number of rotatable bonds is 15. The van der Waals surface area contributed by atoms with Crippen molar-refractivity contribution in [2.45, 2.75) is 51.9 Å². The normalized spacial score (nSPS) is 17.2. The van der Waals surface area contributed by atoms with E-state index in [9.17, 15) is 29.8 Å². The van der Waals surface area contributed by atoms with Crippen LogP contribution >= 0.6 is 0 Å². The van der Waals surface area contributed by atoms with E-state index in [4.69, 9.17) is 9.47 Å². The van der Waals surface area contributed by atoms with Crippen molar-refractivity contribution in [2.24, 2.45) is 0 Å². The van der Waals surface area contributed by atoms with Crippen LogP contribution in [0.3, 0.4) is 0 Å². The third-order valence-corrected chi connectivity index (χ3v) is 9.39. The average molecular weight is 733 g/mol. The number of nitrogens with zero attached hydrogens (tertiary/aromatic N) is 4. The number of urea groups is 2. The maximum absolute atomic E-state index is 13.0. The summed E-state index contributed by atoms with van der Waals surface area (Å²) in [6, 6.07) is 29.7. The van der Waals surface area contributed by atoms with E-state index >= 15 is 0 Å². The second kappa shape index (κ2) is 16.8. The molecule has 4 aromatic rings. The number of amides is 4. The standard InChI is InChI=1S/C40H40N6O8/c1-27-37(45(49)50)35(41-39(47)43(27)25-29-11-5-3-6-12-29)31-15-19-33(20-16-31)53-23-9-10-24-54-34-21-17-32(18-22-34)36-38(46(51)52)28(2)44(40(48)42-36)26-30-13-7-4-8-14-30/h3-8,11-22,35-36H,9-10,23-26H2,1-2H3,(H,41,47)(H,42,48). The molecule has 4 aromatic carbocycles. The number of nitro groups is 2. The molecule has 2 aliphatic heterocycles. The molecule has 0 aromatic heterocycles. The van der Waals surface area contributed by atoms with Crippen molar-refractivity contribution in [3.63, 3.8) is 0 Å². The molecular weight excluding hydrogens is 692 g/mol. The van der Waals surface area contributed by atoms with Crippen LogP contribution in [0.1, 0.15) is 61.0 Å². The van der Waals surface area contributed by atoms with Crippen LogP contribution in [0.15, 0.2) is 132 Å². The Bertz CT molecular complexity index is 1900. The van der Waals surface area contributed by atoms with Crippen LogP contribution in [0.2, 0.25) is 0 Å². The number of ether oxygens (including phenoxy) is 2. The molecule has 2 aliphatic rings. The van der Waals surface area contributed by atoms with Gasteiger partial charge >= 0.3 is 12.1 Å². The van der Waals surface area contributed by atoms with Crippen LogP contribution in [0.5, 0.6) is 11.5 Å². The summed E-state index contributed by atoms with van der Waals surface area (Å²) in [5.41, 5.74) is 3.25. The smallest absolute Gasteiger partial charge is 0.323 e. The SMILES string of the molecule is CC1=C([N+](=O)[O-])C(c2ccc(OCCCCOc3ccc(C4NC(=O)N(Cc5ccccc5)C(C)=C4[N+](=O)[O-])cc3)cc2)NC(=O)N1Cc1ccccc1. The average Bonchev–Trinajstić information content (AvgIpc) is 3.17. The molecular formula is C40H40N6O8. The van der Waals surface area contributed by atoms with Gasteiger partial charge in [-0.15, -0.1) is 0 Å². The maximum atomic E-state index is 13.0. The molecule has 0 radical (unpaired) electrons. The van der Waals surface area contributed by atoms with Crippen LogP contribution in [0.4, 0.5) is 9.59 Å². The molecule has 0 fully saturated rings. The molecule has 0 saturated carbocycles. The number of nitrogens with one attached hydrogen (secondary N) is 2. The minimum atomic E-state index is -0.910. The Morgan fingerprint density at radius 1 is 0.574 bits per heavy atom. The molecule has 2 N–H and O–H groups in total. The highest BCUT2D eigenvalue weighted by Crippen LogP contribution is 2.34. The fourth-order valence-corrected chi connectivity index (χ4v) is 6.51. The van der Waals surface area contributed by atoms with Gasteiger partial charge in [-0.3, -0.25) is 30.0 Å². The summed E-state index contributed by atoms with van der Waals surface area (Å²) in [4.78, 5) is 52.2. The molecule has 0 aliphatic carbocycles. The highest BCUT2D eigenvalue weighted by atomic mass is 16.6. The van der Waals surface area contributed by atoms with Crippen LogP contribution < -0.4 is 20.1 Å². The zero-order valence-corrected chi connectivity index (χ0v) is 29.8. The van der Waals surface area contributed by atoms with Crippen molar-refractivity contribution >= 4 is 12.1 Å². The first-order chi connectivity index (χ1) is 26.1. The Morgan fingerprint density at radius 2 is 0.926 bits per heavy atom. The second-order valence-electron chi connectivity index (χ2n) is 12.9. The fourth-order valence-electron chi connectivity index (χ4n) is 6.51. The summed E-state index contributed by atoms with van der Waals surface area (Å²) in [7, 11) is 0. The summed E-state index contributed by atoms with van der Waals surface area (Å²) in [5.74, 6) is 1.17. The monoisotopic (exact) mass is 732 g/mol. The lowest BCUT2D eigenvalue weighted by Crippen LogP contribution is -2.47. The van der Waals surface area contributed by atoms with E-state index in [1.54, 1.807) is 62.4 Å². The van der Waals surface area contributed by atoms with Gasteiger partial charge in [0.2, 0.25) is 0 Å². The molecule has 0 bridgehead atoms. The van der Waals surface area contributed by atoms with Crippen LogP contribution in [-0.2, 0) is 13.1 Å². The van der Waals surface area contributed by atoms with Gasteiger partial charge in [0.15, 0.2) is 0 Å². The van der Waals surface area contributed by atoms with Gasteiger partial charge in [-0.1, -0.05) is 84.9 Å². The van der Waals surface area contributed by atoms with E-state index in [-0.39, 0.29) is 35.9 Å². The van der Waals surface area contributed by atoms with E-state index in [1.165, 1.54) is 9.80 Å². The third-order valence-electron chi connectivity index (χ3n) is 9.39. The van der Waals surface area contributed by atoms with E-state index < -0.39 is 34.0 Å². The van der Waals surface area contributed by atoms with Gasteiger partial charge < -0.3 is 20.1 Å². The van der Waals surface area contributed by atoms with Crippen molar-refractivity contribution in [3.05, 3.63) is 174 Å². The van der Waals surface area contributed by atoms with Crippen molar-refractivity contribution in [1.82, 2.24) is 20.4 Å². The summed E-state index contributed by atoms with van der Waals surface area (Å²) < 4.78 is 11.8. The van der Waals surface area contributed by atoms with Gasteiger partial charge in [0.25, 0.3) is 11.4 Å². The molecule has 54 heavy (non-hydrogen) atoms. The van der Waals surface area contributed by atoms with E-state index in [1.807, 2.05) is 60.7 Å². The topological polar surface area (TPSA) is 169 Å². The van der Waals surface area contributed by atoms with Crippen LogP contribution in [0, 0.1) is 20.2 Å². The lowest BCUT2D eigenvalue weighted by atomic mass is 10.00. The number of unbranched alkanes of at least 4 members (excludes halogenated alkanes) is 1. The van der Waals surface area contributed by atoms with Crippen LogP contribution in [-0.4, -0.2) is 44.9 Å². The van der Waals surface area contributed by atoms with Crippen molar-refractivity contribution in [1.29, 1.82) is 0 Å². The molecule has 0 saturated heterocycles. The van der Waals surface area contributed by atoms with Gasteiger partial charge in [0.1, 0.15) is 23.6 Å². The Morgan fingerprint density at radius 3 is 1.26 bits per heavy atom. The zero-order valence-electron chi connectivity index (χ0n) is 29.8. The summed E-state index contributed by atoms with van der Waals surface area (Å²) in [6.45, 7) is 4.43. The molecule has 14 nitrogen and oxygen atoms in total. The highest BCUT2D eigenvalue weighted by molar-refractivity contribution is 5.79. The van der Waals surface area contributed by atoms with E-state index in [2.05, 4.69) is 10.6 Å². The molecule has 2 atom stereocenters. The van der Waals surface area contributed by atoms with Crippen molar-refractivity contribution in [3.8, 4) is 11.5 Å². The first kappa shape index (κ1) is 37.1. The minimum absolute atomic E-state index is 0.0892. The van der Waals surface area contributed by atoms with Crippen molar-refractivity contribution in [2.75, 3.05) is 13.2 Å². The molecule has 2 heterocycles. The first-order valence-corrected chi connectivity index (χ1v) is 17.5. The van der Waals surface area contributed by atoms with Gasteiger partial charge in [0, 0.05) is 0 Å². The lowest BCUT2D eigenvalue weighted by Gasteiger charge is -2.32. The Kier molecular flexibility index (Phi) is 11.5. The van der Waals surface area contributed by atoms with Gasteiger partial charge in [-0.2, -0.15) is 0 Å². The van der Waals surface area contributed by atoms with Gasteiger partial charge in [0.05, 0.1) is 47.5 Å². The number of hydrogen-bond acceptors (Lipinski definition) is 8. The lowest BCUT2D eigenvalue weighted by molar-refractivity contribution is -0.433. The van der Waals surface area contributed by atoms with Gasteiger partial charge in [-0.25, -0.2) is 9.59 Å². The second-order valence-corrected chi connectivity index (χ2v) is 12.9. The molecule has 0 spiro atoms. The minimum Gasteiger partial charge on any atom is -0.494 e. The predicted molar refractivity (Wildman–Crippen MR) is 199 cm³/mol. The summed E-state index contributed by atoms with van der Waals surface area (Å²) >= 11 is 0. The molecule has 4 amide bonds. The molecule has 278 valence electrons. The number of benzene rings is 4. The molecule has 2 unspecified atom stereocenters.